The predicted molar refractivity (Wildman–Crippen MR) is 91.0 cm³/mol. The number of nitrogens with zero attached hydrogens (tertiary/aromatic N) is 1. The Bertz CT molecular complexity index is 590. The fourth-order valence-electron chi connectivity index (χ4n) is 4.29. The smallest absolute Gasteiger partial charge is 0.329 e. The molecule has 132 valence electrons. The monoisotopic (exact) mass is 333 g/mol. The number of ether oxygens (including phenoxy) is 2. The van der Waals surface area contributed by atoms with Gasteiger partial charge in [-0.25, -0.2) is 4.79 Å². The molecule has 1 N–H and O–H groups in total. The molecule has 0 amide bonds. The van der Waals surface area contributed by atoms with Crippen molar-refractivity contribution in [2.45, 2.75) is 56.9 Å². The zero-order chi connectivity index (χ0) is 17.2. The summed E-state index contributed by atoms with van der Waals surface area (Å²) in [6.45, 7) is 3.86. The Balaban J connectivity index is 1.72. The Morgan fingerprint density at radius 1 is 1.38 bits per heavy atom. The first-order valence-electron chi connectivity index (χ1n) is 8.71. The number of hydrogen-bond donors (Lipinski definition) is 1. The first-order chi connectivity index (χ1) is 11.5. The molecule has 0 unspecified atom stereocenters. The van der Waals surface area contributed by atoms with Gasteiger partial charge in [0, 0.05) is 26.2 Å². The van der Waals surface area contributed by atoms with Gasteiger partial charge >= 0.3 is 5.97 Å². The zero-order valence-corrected chi connectivity index (χ0v) is 14.5. The van der Waals surface area contributed by atoms with Crippen LogP contribution in [0.3, 0.4) is 0 Å². The normalized spacial score (nSPS) is 30.2. The predicted octanol–water partition coefficient (Wildman–Crippen LogP) is 2.61. The van der Waals surface area contributed by atoms with E-state index in [-0.39, 0.29) is 24.4 Å². The van der Waals surface area contributed by atoms with E-state index in [0.29, 0.717) is 0 Å². The molecule has 1 aliphatic carbocycles. The van der Waals surface area contributed by atoms with Gasteiger partial charge in [0.2, 0.25) is 0 Å². The van der Waals surface area contributed by atoms with E-state index in [1.165, 1.54) is 11.1 Å². The van der Waals surface area contributed by atoms with Crippen molar-refractivity contribution < 1.29 is 19.4 Å². The zero-order valence-electron chi connectivity index (χ0n) is 14.5. The summed E-state index contributed by atoms with van der Waals surface area (Å²) in [7, 11) is 1.81. The van der Waals surface area contributed by atoms with Crippen LogP contribution in [0.15, 0.2) is 24.3 Å². The number of methoxy groups -OCH3 is 1. The molecular weight excluding hydrogens is 306 g/mol. The molecule has 1 aromatic rings. The van der Waals surface area contributed by atoms with Crippen LogP contribution in [0.25, 0.3) is 0 Å². The van der Waals surface area contributed by atoms with E-state index < -0.39 is 5.97 Å². The minimum Gasteiger partial charge on any atom is -0.480 e. The topological polar surface area (TPSA) is 59.0 Å². The molecule has 0 radical (unpaired) electrons. The Morgan fingerprint density at radius 2 is 2.17 bits per heavy atom. The third-order valence-corrected chi connectivity index (χ3v) is 5.73. The van der Waals surface area contributed by atoms with E-state index in [0.717, 1.165) is 38.8 Å². The second kappa shape index (κ2) is 7.21. The van der Waals surface area contributed by atoms with Crippen molar-refractivity contribution in [2.75, 3.05) is 20.3 Å². The molecule has 2 fully saturated rings. The number of carbonyl (C=O) groups is 1. The van der Waals surface area contributed by atoms with Gasteiger partial charge in [0.25, 0.3) is 0 Å². The van der Waals surface area contributed by atoms with Crippen molar-refractivity contribution in [3.05, 3.63) is 35.4 Å². The molecule has 0 aromatic heterocycles. The van der Waals surface area contributed by atoms with Gasteiger partial charge in [-0.2, -0.15) is 0 Å². The molecule has 0 bridgehead atoms. The number of hydrogen-bond acceptors (Lipinski definition) is 4. The molecular formula is C19H27NO4. The van der Waals surface area contributed by atoms with Gasteiger partial charge in [0.1, 0.15) is 6.61 Å². The summed E-state index contributed by atoms with van der Waals surface area (Å²) in [5.74, 6) is -0.901. The lowest BCUT2D eigenvalue weighted by molar-refractivity contribution is -0.148. The minimum atomic E-state index is -0.901. The van der Waals surface area contributed by atoms with E-state index in [1.807, 2.05) is 7.11 Å². The molecule has 5 heteroatoms. The summed E-state index contributed by atoms with van der Waals surface area (Å²) in [4.78, 5) is 13.3. The molecule has 1 aliphatic heterocycles. The molecule has 3 rings (SSSR count). The summed E-state index contributed by atoms with van der Waals surface area (Å²) < 4.78 is 11.5. The number of benzene rings is 1. The van der Waals surface area contributed by atoms with Crippen LogP contribution in [0.5, 0.6) is 0 Å². The van der Waals surface area contributed by atoms with Crippen molar-refractivity contribution in [1.29, 1.82) is 0 Å². The number of aryl methyl sites for hydroxylation is 1. The lowest BCUT2D eigenvalue weighted by atomic mass is 9.79. The van der Waals surface area contributed by atoms with Gasteiger partial charge in [-0.1, -0.05) is 24.3 Å². The summed E-state index contributed by atoms with van der Waals surface area (Å²) >= 11 is 0. The second-order valence-corrected chi connectivity index (χ2v) is 7.03. The molecule has 5 nitrogen and oxygen atoms in total. The fraction of sp³-hybridized carbons (Fsp3) is 0.632. The van der Waals surface area contributed by atoms with Crippen molar-refractivity contribution >= 4 is 5.97 Å². The van der Waals surface area contributed by atoms with Crippen LogP contribution in [0.4, 0.5) is 0 Å². The van der Waals surface area contributed by atoms with Crippen LogP contribution >= 0.6 is 0 Å². The average Bonchev–Trinajstić information content (AvgIpc) is 2.94. The first-order valence-corrected chi connectivity index (χ1v) is 8.71. The van der Waals surface area contributed by atoms with Crippen LogP contribution in [0, 0.1) is 6.92 Å². The van der Waals surface area contributed by atoms with E-state index in [1.54, 1.807) is 0 Å². The summed E-state index contributed by atoms with van der Waals surface area (Å²) in [5, 5.41) is 8.85. The van der Waals surface area contributed by atoms with Gasteiger partial charge < -0.3 is 14.6 Å². The number of aliphatic carboxylic acids is 1. The van der Waals surface area contributed by atoms with E-state index in [9.17, 15) is 4.79 Å². The van der Waals surface area contributed by atoms with Gasteiger partial charge in [-0.05, 0) is 43.7 Å². The number of likely N-dealkylation sites (tertiary alicyclic amines) is 1. The third-order valence-electron chi connectivity index (χ3n) is 5.73. The van der Waals surface area contributed by atoms with Crippen LogP contribution in [-0.2, 0) is 20.8 Å². The molecule has 1 heterocycles. The number of carboxylic acid groups (broad SMARTS) is 1. The van der Waals surface area contributed by atoms with Gasteiger partial charge in [0.15, 0.2) is 0 Å². The Kier molecular flexibility index (Phi) is 5.23. The molecule has 1 saturated heterocycles. The Morgan fingerprint density at radius 3 is 2.88 bits per heavy atom. The molecule has 2 aliphatic rings. The average molecular weight is 333 g/mol. The summed E-state index contributed by atoms with van der Waals surface area (Å²) in [6.07, 6.45) is 3.68. The van der Waals surface area contributed by atoms with Gasteiger partial charge in [-0.15, -0.1) is 0 Å². The highest BCUT2D eigenvalue weighted by atomic mass is 16.5. The quantitative estimate of drug-likeness (QED) is 0.867. The number of rotatable bonds is 6. The standard InChI is InChI=1S/C19H27NO4/c1-14-5-3-4-6-15(14)12-20-10-9-19(23-2)8-7-16(11-17(19)20)24-13-18(21)22/h3-6,16-17H,7-13H2,1-2H3,(H,21,22)/t16-,17+,19-/m1/s1. The van der Waals surface area contributed by atoms with Gasteiger partial charge in [-0.3, -0.25) is 4.90 Å². The maximum absolute atomic E-state index is 10.8. The maximum Gasteiger partial charge on any atom is 0.329 e. The molecule has 1 aromatic carbocycles. The van der Waals surface area contributed by atoms with Crippen molar-refractivity contribution in [3.63, 3.8) is 0 Å². The lowest BCUT2D eigenvalue weighted by Gasteiger charge is -2.43. The molecule has 24 heavy (non-hydrogen) atoms. The lowest BCUT2D eigenvalue weighted by Crippen LogP contribution is -2.51. The SMILES string of the molecule is CO[C@@]12CC[C@@H](OCC(=O)O)C[C@@H]1N(Cc1ccccc1C)CC2. The maximum atomic E-state index is 10.8. The third kappa shape index (κ3) is 3.48. The summed E-state index contributed by atoms with van der Waals surface area (Å²) in [6, 6.07) is 8.77. The summed E-state index contributed by atoms with van der Waals surface area (Å²) in [5.41, 5.74) is 2.55. The molecule has 1 saturated carbocycles. The Labute approximate surface area is 143 Å². The fourth-order valence-corrected chi connectivity index (χ4v) is 4.29. The van der Waals surface area contributed by atoms with E-state index in [4.69, 9.17) is 14.6 Å². The highest BCUT2D eigenvalue weighted by molar-refractivity contribution is 5.68. The number of carboxylic acids is 1. The van der Waals surface area contributed by atoms with Crippen molar-refractivity contribution in [1.82, 2.24) is 4.90 Å². The van der Waals surface area contributed by atoms with Crippen LogP contribution < -0.4 is 0 Å². The van der Waals surface area contributed by atoms with Crippen molar-refractivity contribution in [2.24, 2.45) is 0 Å². The van der Waals surface area contributed by atoms with Gasteiger partial charge in [0.05, 0.1) is 11.7 Å². The van der Waals surface area contributed by atoms with E-state index >= 15 is 0 Å². The second-order valence-electron chi connectivity index (χ2n) is 7.03. The van der Waals surface area contributed by atoms with Crippen LogP contribution in [0.1, 0.15) is 36.8 Å². The van der Waals surface area contributed by atoms with Crippen LogP contribution in [-0.4, -0.2) is 54.0 Å². The Hall–Kier alpha value is -1.43. The molecule has 3 atom stereocenters. The van der Waals surface area contributed by atoms with Crippen molar-refractivity contribution in [3.8, 4) is 0 Å². The first kappa shape index (κ1) is 17.4. The van der Waals surface area contributed by atoms with Crippen LogP contribution in [0.2, 0.25) is 0 Å². The molecule has 0 spiro atoms. The number of fused-ring (bicyclic) bond motifs is 1. The highest BCUT2D eigenvalue weighted by Crippen LogP contribution is 2.43. The van der Waals surface area contributed by atoms with E-state index in [2.05, 4.69) is 36.1 Å². The highest BCUT2D eigenvalue weighted by Gasteiger charge is 2.51. The largest absolute Gasteiger partial charge is 0.480 e. The minimum absolute atomic E-state index is 0.00634.